The van der Waals surface area contributed by atoms with Gasteiger partial charge in [-0.1, -0.05) is 45.6 Å². The lowest BCUT2D eigenvalue weighted by Gasteiger charge is -2.24. The second-order valence-corrected chi connectivity index (χ2v) is 11.8. The van der Waals surface area contributed by atoms with Gasteiger partial charge in [0, 0.05) is 18.3 Å². The monoisotopic (exact) mass is 692 g/mol. The van der Waals surface area contributed by atoms with Crippen molar-refractivity contribution in [1.82, 2.24) is 0 Å². The normalized spacial score (nSPS) is 10.4. The highest BCUT2D eigenvalue weighted by molar-refractivity contribution is 5.96. The summed E-state index contributed by atoms with van der Waals surface area (Å²) >= 11 is 0. The summed E-state index contributed by atoms with van der Waals surface area (Å²) in [6, 6.07) is 8.04. The number of aromatic carboxylic acids is 3. The lowest BCUT2D eigenvalue weighted by Crippen LogP contribution is -2.28. The number of benzene rings is 2. The molecule has 0 heterocycles. The minimum Gasteiger partial charge on any atom is -0.481 e. The first kappa shape index (κ1) is 44.2. The third kappa shape index (κ3) is 18.9. The molecule has 0 fully saturated rings. The van der Waals surface area contributed by atoms with E-state index in [1.807, 2.05) is 13.8 Å². The molecular formula is C35H48O14. The van der Waals surface area contributed by atoms with Gasteiger partial charge in [0.05, 0.1) is 48.7 Å². The summed E-state index contributed by atoms with van der Waals surface area (Å²) in [6.07, 6.45) is 5.61. The molecule has 0 amide bonds. The minimum absolute atomic E-state index is 0.0186. The van der Waals surface area contributed by atoms with Crippen LogP contribution in [0.25, 0.3) is 0 Å². The number of aliphatic hydroxyl groups excluding tert-OH is 2. The Kier molecular flexibility index (Phi) is 21.2. The zero-order valence-electron chi connectivity index (χ0n) is 28.4. The van der Waals surface area contributed by atoms with Gasteiger partial charge in [0.25, 0.3) is 0 Å². The van der Waals surface area contributed by atoms with E-state index in [1.54, 1.807) is 13.8 Å². The fourth-order valence-electron chi connectivity index (χ4n) is 4.04. The van der Waals surface area contributed by atoms with Crippen molar-refractivity contribution in [3.8, 4) is 0 Å². The van der Waals surface area contributed by atoms with Gasteiger partial charge in [-0.3, -0.25) is 9.59 Å². The summed E-state index contributed by atoms with van der Waals surface area (Å²) < 4.78 is 10.7. The Morgan fingerprint density at radius 3 is 1.53 bits per heavy atom. The van der Waals surface area contributed by atoms with E-state index >= 15 is 0 Å². The highest BCUT2D eigenvalue weighted by Gasteiger charge is 2.24. The van der Waals surface area contributed by atoms with Crippen molar-refractivity contribution in [3.05, 3.63) is 69.8 Å². The predicted molar refractivity (Wildman–Crippen MR) is 177 cm³/mol. The SMILES string of the molecule is Cc1c(C(=O)O)ccc(C(=O)OCC(C)(C)COC(=O)CCCCCCCCC(=O)O)c1C.O=C(O)c1cccc(C(=O)O)c1.OCCO. The molecule has 272 valence electrons. The number of aliphatic hydroxyl groups is 2. The smallest absolute Gasteiger partial charge is 0.338 e. The summed E-state index contributed by atoms with van der Waals surface area (Å²) in [5.41, 5.74) is 0.934. The third-order valence-corrected chi connectivity index (χ3v) is 6.93. The number of rotatable bonds is 18. The molecule has 6 N–H and O–H groups in total. The van der Waals surface area contributed by atoms with E-state index in [1.165, 1.54) is 30.3 Å². The van der Waals surface area contributed by atoms with Crippen LogP contribution < -0.4 is 0 Å². The van der Waals surface area contributed by atoms with E-state index in [0.29, 0.717) is 29.5 Å². The minimum atomic E-state index is -1.13. The van der Waals surface area contributed by atoms with Crippen LogP contribution in [0.1, 0.15) is 118 Å². The van der Waals surface area contributed by atoms with Crippen LogP contribution in [-0.4, -0.2) is 92.9 Å². The van der Waals surface area contributed by atoms with Crippen molar-refractivity contribution in [3.63, 3.8) is 0 Å². The van der Waals surface area contributed by atoms with Gasteiger partial charge in [0.15, 0.2) is 0 Å². The van der Waals surface area contributed by atoms with Crippen molar-refractivity contribution >= 4 is 35.8 Å². The van der Waals surface area contributed by atoms with Crippen LogP contribution in [0.2, 0.25) is 0 Å². The quantitative estimate of drug-likeness (QED) is 0.0891. The van der Waals surface area contributed by atoms with E-state index in [0.717, 1.165) is 38.2 Å². The summed E-state index contributed by atoms with van der Waals surface area (Å²) in [5.74, 6) is -4.91. The van der Waals surface area contributed by atoms with Crippen molar-refractivity contribution in [2.75, 3.05) is 26.4 Å². The van der Waals surface area contributed by atoms with E-state index in [-0.39, 0.29) is 55.5 Å². The number of hydrogen-bond donors (Lipinski definition) is 6. The number of carbonyl (C=O) groups excluding carboxylic acids is 2. The molecule has 0 atom stereocenters. The first-order valence-electron chi connectivity index (χ1n) is 15.6. The number of unbranched alkanes of at least 4 members (excludes halogenated alkanes) is 5. The molecule has 2 aromatic carbocycles. The van der Waals surface area contributed by atoms with E-state index in [9.17, 15) is 33.9 Å². The molecule has 0 radical (unpaired) electrons. The van der Waals surface area contributed by atoms with Crippen LogP contribution in [0.4, 0.5) is 0 Å². The number of hydrogen-bond acceptors (Lipinski definition) is 10. The fraction of sp³-hybridized carbons (Fsp3) is 0.486. The predicted octanol–water partition coefficient (Wildman–Crippen LogP) is 4.99. The molecule has 0 saturated heterocycles. The number of carboxylic acid groups (broad SMARTS) is 4. The molecule has 0 aliphatic carbocycles. The van der Waals surface area contributed by atoms with E-state index in [4.69, 9.17) is 35.0 Å². The van der Waals surface area contributed by atoms with Gasteiger partial charge in [-0.15, -0.1) is 0 Å². The highest BCUT2D eigenvalue weighted by atomic mass is 16.5. The lowest BCUT2D eigenvalue weighted by molar-refractivity contribution is -0.147. The maximum atomic E-state index is 12.5. The number of esters is 2. The van der Waals surface area contributed by atoms with Crippen molar-refractivity contribution < 1.29 is 68.9 Å². The van der Waals surface area contributed by atoms with Gasteiger partial charge in [-0.05, 0) is 68.1 Å². The van der Waals surface area contributed by atoms with Crippen LogP contribution in [0, 0.1) is 19.3 Å². The van der Waals surface area contributed by atoms with Crippen LogP contribution in [0.3, 0.4) is 0 Å². The van der Waals surface area contributed by atoms with E-state index in [2.05, 4.69) is 0 Å². The fourth-order valence-corrected chi connectivity index (χ4v) is 4.04. The maximum absolute atomic E-state index is 12.5. The molecule has 0 aliphatic heterocycles. The van der Waals surface area contributed by atoms with Crippen molar-refractivity contribution in [2.24, 2.45) is 5.41 Å². The van der Waals surface area contributed by atoms with Crippen LogP contribution in [0.5, 0.6) is 0 Å². The van der Waals surface area contributed by atoms with Crippen molar-refractivity contribution in [1.29, 1.82) is 0 Å². The summed E-state index contributed by atoms with van der Waals surface area (Å²) in [7, 11) is 0. The molecule has 14 heteroatoms. The average molecular weight is 693 g/mol. The maximum Gasteiger partial charge on any atom is 0.338 e. The van der Waals surface area contributed by atoms with Crippen LogP contribution in [-0.2, 0) is 19.1 Å². The number of carbonyl (C=O) groups is 6. The Bertz CT molecular complexity index is 1370. The highest BCUT2D eigenvalue weighted by Crippen LogP contribution is 2.22. The Hall–Kier alpha value is -4.82. The van der Waals surface area contributed by atoms with Crippen molar-refractivity contribution in [2.45, 2.75) is 79.1 Å². The standard InChI is InChI=1S/C25H36O8.C8H6O4.C2H6O2/c1-17-18(2)20(14-13-19(17)23(29)30)24(31)33-16-25(3,4)15-32-22(28)12-10-8-6-5-7-9-11-21(26)27;9-7(10)5-2-1-3-6(4-5)8(11)12;3-1-2-4/h13-14H,5-12,15-16H2,1-4H3,(H,26,27)(H,29,30);1-4H,(H,9,10)(H,11,12);3-4H,1-2H2. The molecular weight excluding hydrogens is 644 g/mol. The molecule has 0 unspecified atom stereocenters. The second-order valence-electron chi connectivity index (χ2n) is 11.8. The van der Waals surface area contributed by atoms with E-state index < -0.39 is 35.3 Å². The van der Waals surface area contributed by atoms with Crippen LogP contribution >= 0.6 is 0 Å². The molecule has 0 aromatic heterocycles. The van der Waals surface area contributed by atoms with Gasteiger partial charge < -0.3 is 40.1 Å². The third-order valence-electron chi connectivity index (χ3n) is 6.93. The van der Waals surface area contributed by atoms with Gasteiger partial charge in [-0.2, -0.15) is 0 Å². The topological polar surface area (TPSA) is 242 Å². The van der Waals surface area contributed by atoms with Gasteiger partial charge in [0.2, 0.25) is 0 Å². The molecule has 0 spiro atoms. The number of ether oxygens (including phenoxy) is 2. The zero-order valence-corrected chi connectivity index (χ0v) is 28.4. The Balaban J connectivity index is 0.00000118. The average Bonchev–Trinajstić information content (AvgIpc) is 3.05. The number of aliphatic carboxylic acids is 1. The molecule has 0 saturated carbocycles. The van der Waals surface area contributed by atoms with Gasteiger partial charge >= 0.3 is 35.8 Å². The second kappa shape index (κ2) is 23.5. The first-order valence-corrected chi connectivity index (χ1v) is 15.6. The number of carboxylic acids is 4. The molecule has 14 nitrogen and oxygen atoms in total. The van der Waals surface area contributed by atoms with Crippen LogP contribution in [0.15, 0.2) is 36.4 Å². The molecule has 0 bridgehead atoms. The molecule has 2 aromatic rings. The molecule has 2 rings (SSSR count). The Labute approximate surface area is 285 Å². The molecule has 0 aliphatic rings. The largest absolute Gasteiger partial charge is 0.481 e. The Morgan fingerprint density at radius 1 is 0.612 bits per heavy atom. The summed E-state index contributed by atoms with van der Waals surface area (Å²) in [6.45, 7) is 6.91. The Morgan fingerprint density at radius 2 is 1.06 bits per heavy atom. The van der Waals surface area contributed by atoms with Gasteiger partial charge in [0.1, 0.15) is 0 Å². The first-order chi connectivity index (χ1) is 23.0. The summed E-state index contributed by atoms with van der Waals surface area (Å²) in [4.78, 5) is 66.9. The van der Waals surface area contributed by atoms with Gasteiger partial charge in [-0.25, -0.2) is 19.2 Å². The lowest BCUT2D eigenvalue weighted by atomic mass is 9.96. The molecule has 49 heavy (non-hydrogen) atoms. The summed E-state index contributed by atoms with van der Waals surface area (Å²) in [5, 5.41) is 50.0. The zero-order chi connectivity index (χ0) is 37.6.